The first-order valence-corrected chi connectivity index (χ1v) is 29.5. The number of aromatic nitrogens is 1. The van der Waals surface area contributed by atoms with Gasteiger partial charge in [0.1, 0.15) is 61.1 Å². The summed E-state index contributed by atoms with van der Waals surface area (Å²) >= 11 is 10.6. The lowest BCUT2D eigenvalue weighted by molar-refractivity contribution is -0.277. The summed E-state index contributed by atoms with van der Waals surface area (Å²) in [5.41, 5.74) is 8.50. The van der Waals surface area contributed by atoms with E-state index in [1.54, 1.807) is 85.5 Å². The van der Waals surface area contributed by atoms with Crippen LogP contribution >= 0.6 is 24.2 Å². The van der Waals surface area contributed by atoms with Crippen molar-refractivity contribution in [2.45, 2.75) is 119 Å². The molecule has 9 unspecified atom stereocenters. The van der Waals surface area contributed by atoms with E-state index < -0.39 is 103 Å². The van der Waals surface area contributed by atoms with Crippen molar-refractivity contribution in [1.82, 2.24) is 31.2 Å². The molecule has 4 aromatic carbocycles. The highest BCUT2D eigenvalue weighted by Crippen LogP contribution is 2.47. The number of primary amides is 1. The molecule has 4 heterocycles. The molecule has 5 aromatic rings. The van der Waals surface area contributed by atoms with Gasteiger partial charge in [0.15, 0.2) is 0 Å². The van der Waals surface area contributed by atoms with Gasteiger partial charge in [-0.25, -0.2) is 9.59 Å². The molecule has 0 bridgehead atoms. The molecule has 13 N–H and O–H groups in total. The monoisotopic (exact) mass is 1240 g/mol. The number of aliphatic hydroxyl groups excluding tert-OH is 4. The molecule has 2 fully saturated rings. The number of aromatic amines is 1. The highest BCUT2D eigenvalue weighted by atomic mass is 35.5. The van der Waals surface area contributed by atoms with Crippen molar-refractivity contribution >= 4 is 116 Å². The number of benzene rings is 4. The SMILES string of the molecule is CC(C)C(NC(=O)CCCCCN1C(=O)CC(S)C1=O)C(=O)NC(CCCNC(N)=O)C(=O)Nc1ccc(COC(=O)NCC(=O)Nc2ccc3[nH]c(C(=O)N4CC(CCl)c5c4cc(OC4OC(CO)C(O)C(O)C4O)c4ccccc54)cc3c2)cc1. The molecule has 0 radical (unpaired) electrons. The third-order valence-corrected chi connectivity index (χ3v) is 15.9. The Labute approximate surface area is 509 Å². The number of nitrogens with zero attached hydrogens (tertiary/aromatic N) is 2. The summed E-state index contributed by atoms with van der Waals surface area (Å²) in [7, 11) is 0. The average molecular weight is 1240 g/mol. The topological polar surface area (TPSA) is 383 Å². The van der Waals surface area contributed by atoms with Gasteiger partial charge in [-0.1, -0.05) is 56.7 Å². The summed E-state index contributed by atoms with van der Waals surface area (Å²) < 4.78 is 17.1. The maximum Gasteiger partial charge on any atom is 0.407 e. The first-order chi connectivity index (χ1) is 41.6. The number of rotatable bonds is 26. The maximum absolute atomic E-state index is 14.4. The number of hydrogen-bond acceptors (Lipinski definition) is 17. The first-order valence-electron chi connectivity index (χ1n) is 28.4. The Morgan fingerprint density at radius 1 is 0.839 bits per heavy atom. The number of amides is 10. The van der Waals surface area contributed by atoms with Crippen molar-refractivity contribution in [1.29, 1.82) is 0 Å². The summed E-state index contributed by atoms with van der Waals surface area (Å²) in [5.74, 6) is -3.46. The van der Waals surface area contributed by atoms with Gasteiger partial charge in [0.05, 0.1) is 17.5 Å². The van der Waals surface area contributed by atoms with Gasteiger partial charge in [-0.3, -0.25) is 38.5 Å². The number of H-pyrrole nitrogens is 1. The van der Waals surface area contributed by atoms with Gasteiger partial charge in [0.2, 0.25) is 41.7 Å². The van der Waals surface area contributed by atoms with Crippen molar-refractivity contribution < 1.29 is 77.8 Å². The molecular formula is C59H71ClN10O16S. The number of urea groups is 1. The second kappa shape index (κ2) is 29.6. The molecule has 466 valence electrons. The van der Waals surface area contributed by atoms with Crippen LogP contribution in [0.3, 0.4) is 0 Å². The van der Waals surface area contributed by atoms with Crippen LogP contribution in [0.15, 0.2) is 78.9 Å². The van der Waals surface area contributed by atoms with Gasteiger partial charge in [0, 0.05) is 78.0 Å². The zero-order chi connectivity index (χ0) is 62.6. The van der Waals surface area contributed by atoms with E-state index in [-0.39, 0.29) is 92.9 Å². The summed E-state index contributed by atoms with van der Waals surface area (Å²) in [4.78, 5) is 122. The number of nitrogens with one attached hydrogen (secondary N) is 7. The molecule has 26 nitrogen and oxygen atoms in total. The van der Waals surface area contributed by atoms with Crippen LogP contribution in [-0.2, 0) is 44.8 Å². The van der Waals surface area contributed by atoms with E-state index >= 15 is 0 Å². The van der Waals surface area contributed by atoms with Crippen molar-refractivity contribution in [2.24, 2.45) is 11.7 Å². The number of thiol groups is 1. The fraction of sp³-hybridized carbons (Fsp3) is 0.441. The summed E-state index contributed by atoms with van der Waals surface area (Å²) in [6, 6.07) is 18.9. The summed E-state index contributed by atoms with van der Waals surface area (Å²) in [5, 5.41) is 58.4. The Morgan fingerprint density at radius 3 is 2.26 bits per heavy atom. The van der Waals surface area contributed by atoms with Crippen LogP contribution < -0.4 is 47.3 Å². The number of ether oxygens (including phenoxy) is 3. The van der Waals surface area contributed by atoms with Gasteiger partial charge < -0.3 is 82.2 Å². The molecule has 3 aliphatic rings. The number of anilines is 3. The Kier molecular flexibility index (Phi) is 22.1. The molecule has 28 heteroatoms. The van der Waals surface area contributed by atoms with E-state index in [1.165, 1.54) is 4.90 Å². The van der Waals surface area contributed by atoms with E-state index in [2.05, 4.69) is 49.5 Å². The molecular weight excluding hydrogens is 1170 g/mol. The van der Waals surface area contributed by atoms with Crippen LogP contribution in [0, 0.1) is 5.92 Å². The molecule has 2 saturated heterocycles. The number of carbonyl (C=O) groups excluding carboxylic acids is 9. The predicted molar refractivity (Wildman–Crippen MR) is 322 cm³/mol. The zero-order valence-corrected chi connectivity index (χ0v) is 49.3. The number of halogens is 1. The molecule has 0 aliphatic carbocycles. The van der Waals surface area contributed by atoms with E-state index in [1.807, 2.05) is 12.1 Å². The van der Waals surface area contributed by atoms with Gasteiger partial charge in [-0.05, 0) is 84.5 Å². The Balaban J connectivity index is 0.807. The third-order valence-electron chi connectivity index (χ3n) is 15.1. The van der Waals surface area contributed by atoms with Crippen molar-refractivity contribution in [3.63, 3.8) is 0 Å². The number of alkyl halides is 1. The molecule has 8 rings (SSSR count). The zero-order valence-electron chi connectivity index (χ0n) is 47.7. The Morgan fingerprint density at radius 2 is 1.57 bits per heavy atom. The van der Waals surface area contributed by atoms with Gasteiger partial charge in [-0.2, -0.15) is 12.6 Å². The lowest BCUT2D eigenvalue weighted by atomic mass is 9.95. The molecule has 10 amide bonds. The minimum absolute atomic E-state index is 0.0635. The average Bonchev–Trinajstić information content (AvgIpc) is 1.69. The molecule has 0 saturated carbocycles. The van der Waals surface area contributed by atoms with Crippen LogP contribution in [0.25, 0.3) is 21.7 Å². The number of unbranched alkanes of at least 4 members (excludes halogenated alkanes) is 2. The van der Waals surface area contributed by atoms with E-state index in [0.29, 0.717) is 58.2 Å². The highest BCUT2D eigenvalue weighted by Gasteiger charge is 2.46. The van der Waals surface area contributed by atoms with E-state index in [4.69, 9.17) is 31.5 Å². The van der Waals surface area contributed by atoms with E-state index in [9.17, 15) is 63.6 Å². The second-order valence-corrected chi connectivity index (χ2v) is 22.7. The number of hydrogen-bond donors (Lipinski definition) is 13. The molecule has 3 aliphatic heterocycles. The van der Waals surface area contributed by atoms with Gasteiger partial charge in [-0.15, -0.1) is 11.6 Å². The number of likely N-dealkylation sites (tertiary alicyclic amines) is 1. The van der Waals surface area contributed by atoms with Crippen molar-refractivity contribution in [3.8, 4) is 5.75 Å². The molecule has 0 spiro atoms. The van der Waals surface area contributed by atoms with Crippen molar-refractivity contribution in [2.75, 3.05) is 54.2 Å². The number of alkyl carbamates (subject to hydrolysis) is 1. The van der Waals surface area contributed by atoms with Crippen LogP contribution in [0.2, 0.25) is 0 Å². The molecule has 1 aromatic heterocycles. The highest BCUT2D eigenvalue weighted by molar-refractivity contribution is 7.81. The van der Waals surface area contributed by atoms with Crippen LogP contribution in [0.4, 0.5) is 26.7 Å². The summed E-state index contributed by atoms with van der Waals surface area (Å²) in [6.07, 6.45) is -6.54. The molecule has 9 atom stereocenters. The lowest BCUT2D eigenvalue weighted by Gasteiger charge is -2.39. The number of aliphatic hydroxyl groups is 4. The first kappa shape index (κ1) is 64.9. The third kappa shape index (κ3) is 16.1. The number of fused-ring (bicyclic) bond motifs is 4. The Hall–Kier alpha value is -8.05. The normalized spacial score (nSPS) is 20.6. The quantitative estimate of drug-likeness (QED) is 0.0164. The lowest BCUT2D eigenvalue weighted by Crippen LogP contribution is -2.60. The fourth-order valence-electron chi connectivity index (χ4n) is 10.5. The number of imide groups is 1. The van der Waals surface area contributed by atoms with Crippen LogP contribution in [0.5, 0.6) is 5.75 Å². The largest absolute Gasteiger partial charge is 0.461 e. The second-order valence-electron chi connectivity index (χ2n) is 21.8. The van der Waals surface area contributed by atoms with Gasteiger partial charge >= 0.3 is 12.1 Å². The smallest absolute Gasteiger partial charge is 0.407 e. The molecule has 87 heavy (non-hydrogen) atoms. The number of carbonyl (C=O) groups is 9. The Bertz CT molecular complexity index is 3370. The fourth-order valence-corrected chi connectivity index (χ4v) is 11.1. The minimum Gasteiger partial charge on any atom is -0.461 e. The van der Waals surface area contributed by atoms with Crippen molar-refractivity contribution in [3.05, 3.63) is 95.7 Å². The predicted octanol–water partition coefficient (Wildman–Crippen LogP) is 2.98. The van der Waals surface area contributed by atoms with E-state index in [0.717, 1.165) is 10.9 Å². The minimum atomic E-state index is -1.68. The van der Waals surface area contributed by atoms with Crippen LogP contribution in [-0.4, -0.2) is 170 Å². The maximum atomic E-state index is 14.4. The van der Waals surface area contributed by atoms with Crippen LogP contribution in [0.1, 0.15) is 86.3 Å². The van der Waals surface area contributed by atoms with Gasteiger partial charge in [0.25, 0.3) is 5.91 Å². The standard InChI is InChI=1S/C59H71ClN10O16S/c1-30(2)49(68-45(72)12-4-3-7-20-69-47(74)24-44(87)56(69)81)54(79)67-39(11-8-19-62-58(61)82)53(78)65-34-15-13-31(14-16-34)29-84-59(83)63-26-46(73)64-35-17-18-38-32(21-35)22-40(66-38)55(80)70-27-33(25-60)48-37-10-6-5-9-36(37)42(23-41(48)70)85-57-52(77)51(76)50(75)43(28-71)86-57/h5-6,9-10,13-18,21-23,30,33,39,43-44,49-52,57,66,71,75-77,87H,3-4,7-8,11-12,19-20,24-29H2,1-2H3,(H,63,83)(H,64,73)(H,65,78)(H,67,79)(H,68,72)(H3,61,62,82). The number of nitrogens with two attached hydrogens (primary N) is 1. The summed E-state index contributed by atoms with van der Waals surface area (Å²) in [6.45, 7) is 2.73.